The topological polar surface area (TPSA) is 85.3 Å². The predicted molar refractivity (Wildman–Crippen MR) is 94.2 cm³/mol. The SMILES string of the molecule is O=C(CSc1nnc2ccc(-c3ccco3)nn12)Nc1ccc(F)cc1. The molecule has 1 aromatic carbocycles. The zero-order valence-electron chi connectivity index (χ0n) is 13.3. The summed E-state index contributed by atoms with van der Waals surface area (Å²) in [5, 5.41) is 15.7. The van der Waals surface area contributed by atoms with E-state index in [0.717, 1.165) is 0 Å². The van der Waals surface area contributed by atoms with E-state index in [-0.39, 0.29) is 17.5 Å². The Hall–Kier alpha value is -3.20. The number of carbonyl (C=O) groups is 1. The maximum absolute atomic E-state index is 12.9. The van der Waals surface area contributed by atoms with Gasteiger partial charge in [-0.1, -0.05) is 11.8 Å². The van der Waals surface area contributed by atoms with Gasteiger partial charge in [0.05, 0.1) is 12.0 Å². The maximum atomic E-state index is 12.9. The number of halogens is 1. The zero-order valence-corrected chi connectivity index (χ0v) is 14.1. The van der Waals surface area contributed by atoms with Crippen LogP contribution in [0.5, 0.6) is 0 Å². The third-order valence-electron chi connectivity index (χ3n) is 3.47. The number of amides is 1. The molecule has 0 atom stereocenters. The summed E-state index contributed by atoms with van der Waals surface area (Å²) in [6, 6.07) is 12.7. The minimum Gasteiger partial charge on any atom is -0.463 e. The van der Waals surface area contributed by atoms with Gasteiger partial charge in [-0.15, -0.1) is 10.2 Å². The fourth-order valence-corrected chi connectivity index (χ4v) is 2.96. The second kappa shape index (κ2) is 6.96. The van der Waals surface area contributed by atoms with Gasteiger partial charge < -0.3 is 9.73 Å². The molecule has 0 saturated carbocycles. The molecule has 0 fully saturated rings. The molecule has 3 heterocycles. The van der Waals surface area contributed by atoms with Crippen LogP contribution in [0.4, 0.5) is 10.1 Å². The number of furan rings is 1. The van der Waals surface area contributed by atoms with Gasteiger partial charge in [0.15, 0.2) is 11.4 Å². The number of anilines is 1. The van der Waals surface area contributed by atoms with Crippen molar-refractivity contribution in [1.82, 2.24) is 19.8 Å². The fraction of sp³-hybridized carbons (Fsp3) is 0.0588. The fourth-order valence-electron chi connectivity index (χ4n) is 2.28. The summed E-state index contributed by atoms with van der Waals surface area (Å²) in [4.78, 5) is 12.1. The van der Waals surface area contributed by atoms with Crippen LogP contribution in [0.25, 0.3) is 17.1 Å². The second-order valence-electron chi connectivity index (χ2n) is 5.29. The molecule has 0 spiro atoms. The molecule has 0 aliphatic heterocycles. The Morgan fingerprint density at radius 2 is 2.00 bits per heavy atom. The highest BCUT2D eigenvalue weighted by Gasteiger charge is 2.12. The Balaban J connectivity index is 1.47. The van der Waals surface area contributed by atoms with E-state index < -0.39 is 0 Å². The van der Waals surface area contributed by atoms with E-state index in [1.54, 1.807) is 29.0 Å². The van der Waals surface area contributed by atoms with E-state index in [2.05, 4.69) is 20.6 Å². The van der Waals surface area contributed by atoms with E-state index in [1.165, 1.54) is 36.0 Å². The number of thioether (sulfide) groups is 1. The van der Waals surface area contributed by atoms with Crippen molar-refractivity contribution in [2.75, 3.05) is 11.1 Å². The number of aromatic nitrogens is 4. The molecule has 130 valence electrons. The first-order valence-corrected chi connectivity index (χ1v) is 8.62. The van der Waals surface area contributed by atoms with E-state index in [0.29, 0.717) is 27.9 Å². The molecular formula is C17H12FN5O2S. The Morgan fingerprint density at radius 3 is 2.77 bits per heavy atom. The molecular weight excluding hydrogens is 357 g/mol. The summed E-state index contributed by atoms with van der Waals surface area (Å²) >= 11 is 1.20. The van der Waals surface area contributed by atoms with Crippen LogP contribution in [-0.2, 0) is 4.79 Å². The molecule has 9 heteroatoms. The minimum atomic E-state index is -0.356. The van der Waals surface area contributed by atoms with Gasteiger partial charge in [-0.25, -0.2) is 4.39 Å². The Bertz CT molecular complexity index is 1050. The average Bonchev–Trinajstić information content (AvgIpc) is 3.31. The van der Waals surface area contributed by atoms with Crippen molar-refractivity contribution in [3.05, 3.63) is 60.6 Å². The van der Waals surface area contributed by atoms with E-state index in [1.807, 2.05) is 6.07 Å². The number of benzene rings is 1. The number of nitrogens with one attached hydrogen (secondary N) is 1. The third kappa shape index (κ3) is 3.42. The lowest BCUT2D eigenvalue weighted by Crippen LogP contribution is -2.14. The quantitative estimate of drug-likeness (QED) is 0.544. The first kappa shape index (κ1) is 16.3. The van der Waals surface area contributed by atoms with Gasteiger partial charge in [-0.05, 0) is 48.5 Å². The van der Waals surface area contributed by atoms with Crippen LogP contribution in [0.15, 0.2) is 64.4 Å². The highest BCUT2D eigenvalue weighted by atomic mass is 32.2. The van der Waals surface area contributed by atoms with Crippen LogP contribution < -0.4 is 5.32 Å². The van der Waals surface area contributed by atoms with Gasteiger partial charge >= 0.3 is 0 Å². The summed E-state index contributed by atoms with van der Waals surface area (Å²) in [6.45, 7) is 0. The van der Waals surface area contributed by atoms with Crippen LogP contribution in [-0.4, -0.2) is 31.5 Å². The smallest absolute Gasteiger partial charge is 0.234 e. The molecule has 4 aromatic rings. The molecule has 26 heavy (non-hydrogen) atoms. The number of carbonyl (C=O) groups excluding carboxylic acids is 1. The third-order valence-corrected chi connectivity index (χ3v) is 4.39. The first-order valence-electron chi connectivity index (χ1n) is 7.63. The van der Waals surface area contributed by atoms with Crippen LogP contribution in [0, 0.1) is 5.82 Å². The minimum absolute atomic E-state index is 0.116. The van der Waals surface area contributed by atoms with Crippen LogP contribution >= 0.6 is 11.8 Å². The van der Waals surface area contributed by atoms with E-state index >= 15 is 0 Å². The van der Waals surface area contributed by atoms with Crippen molar-refractivity contribution in [3.63, 3.8) is 0 Å². The maximum Gasteiger partial charge on any atom is 0.234 e. The monoisotopic (exact) mass is 369 g/mol. The van der Waals surface area contributed by atoms with Gasteiger partial charge in [0.25, 0.3) is 0 Å². The molecule has 0 aliphatic carbocycles. The van der Waals surface area contributed by atoms with Crippen LogP contribution in [0.1, 0.15) is 0 Å². The molecule has 4 rings (SSSR count). The molecule has 1 N–H and O–H groups in total. The summed E-state index contributed by atoms with van der Waals surface area (Å²) in [6.07, 6.45) is 1.57. The summed E-state index contributed by atoms with van der Waals surface area (Å²) in [5.41, 5.74) is 1.74. The van der Waals surface area contributed by atoms with Crippen molar-refractivity contribution in [2.24, 2.45) is 0 Å². The molecule has 0 radical (unpaired) electrons. The van der Waals surface area contributed by atoms with Crippen molar-refractivity contribution >= 4 is 29.0 Å². The summed E-state index contributed by atoms with van der Waals surface area (Å²) in [5.74, 6) is 0.155. The van der Waals surface area contributed by atoms with Crippen molar-refractivity contribution in [3.8, 4) is 11.5 Å². The molecule has 0 saturated heterocycles. The van der Waals surface area contributed by atoms with Gasteiger partial charge in [-0.2, -0.15) is 9.61 Å². The van der Waals surface area contributed by atoms with Crippen molar-refractivity contribution in [1.29, 1.82) is 0 Å². The van der Waals surface area contributed by atoms with Crippen LogP contribution in [0.3, 0.4) is 0 Å². The molecule has 3 aromatic heterocycles. The normalized spacial score (nSPS) is 11.0. The van der Waals surface area contributed by atoms with Gasteiger partial charge in [0, 0.05) is 5.69 Å². The lowest BCUT2D eigenvalue weighted by Gasteiger charge is -2.04. The number of hydrogen-bond acceptors (Lipinski definition) is 6. The highest BCUT2D eigenvalue weighted by molar-refractivity contribution is 7.99. The number of rotatable bonds is 5. The Labute approximate surface area is 151 Å². The molecule has 7 nitrogen and oxygen atoms in total. The van der Waals surface area contributed by atoms with E-state index in [9.17, 15) is 9.18 Å². The average molecular weight is 369 g/mol. The lowest BCUT2D eigenvalue weighted by atomic mass is 10.3. The van der Waals surface area contributed by atoms with E-state index in [4.69, 9.17) is 4.42 Å². The van der Waals surface area contributed by atoms with Crippen molar-refractivity contribution in [2.45, 2.75) is 5.16 Å². The summed E-state index contributed by atoms with van der Waals surface area (Å²) in [7, 11) is 0. The Kier molecular flexibility index (Phi) is 4.36. The lowest BCUT2D eigenvalue weighted by molar-refractivity contribution is -0.113. The number of nitrogens with zero attached hydrogens (tertiary/aromatic N) is 4. The molecule has 0 aliphatic rings. The standard InChI is InChI=1S/C17H12FN5O2S/c18-11-3-5-12(6-4-11)19-16(24)10-26-17-21-20-15-8-7-13(22-23(15)17)14-2-1-9-25-14/h1-9H,10H2,(H,19,24). The highest BCUT2D eigenvalue weighted by Crippen LogP contribution is 2.21. The summed E-state index contributed by atoms with van der Waals surface area (Å²) < 4.78 is 19.8. The largest absolute Gasteiger partial charge is 0.463 e. The van der Waals surface area contributed by atoms with Crippen LogP contribution in [0.2, 0.25) is 0 Å². The second-order valence-corrected chi connectivity index (χ2v) is 6.23. The predicted octanol–water partition coefficient (Wildman–Crippen LogP) is 3.25. The van der Waals surface area contributed by atoms with Crippen molar-refractivity contribution < 1.29 is 13.6 Å². The number of hydrogen-bond donors (Lipinski definition) is 1. The zero-order chi connectivity index (χ0) is 17.9. The first-order chi connectivity index (χ1) is 12.7. The van der Waals surface area contributed by atoms with Gasteiger partial charge in [0.2, 0.25) is 11.1 Å². The molecule has 1 amide bonds. The van der Waals surface area contributed by atoms with Gasteiger partial charge in [-0.3, -0.25) is 4.79 Å². The number of fused-ring (bicyclic) bond motifs is 1. The molecule has 0 unspecified atom stereocenters. The Morgan fingerprint density at radius 1 is 1.15 bits per heavy atom. The molecule has 0 bridgehead atoms. The van der Waals surface area contributed by atoms with Gasteiger partial charge in [0.1, 0.15) is 11.5 Å².